The number of hydrogen-bond donors (Lipinski definition) is 1. The van der Waals surface area contributed by atoms with Crippen LogP contribution in [0, 0.1) is 0 Å². The first-order valence-electron chi connectivity index (χ1n) is 5.67. The summed E-state index contributed by atoms with van der Waals surface area (Å²) in [6.07, 6.45) is 0. The molecule has 0 fully saturated rings. The van der Waals surface area contributed by atoms with Gasteiger partial charge in [-0.3, -0.25) is 4.79 Å². The second-order valence-corrected chi connectivity index (χ2v) is 5.26. The van der Waals surface area contributed by atoms with E-state index < -0.39 is 0 Å². The molecule has 0 radical (unpaired) electrons. The van der Waals surface area contributed by atoms with Crippen molar-refractivity contribution in [2.45, 2.75) is 6.54 Å². The van der Waals surface area contributed by atoms with E-state index in [0.29, 0.717) is 0 Å². The SMILES string of the molecule is CNCCN(C)C(=O)c1sccc1CN(C)C. The molecule has 0 aromatic carbocycles. The summed E-state index contributed by atoms with van der Waals surface area (Å²) in [5.41, 5.74) is 1.11. The van der Waals surface area contributed by atoms with Crippen LogP contribution in [0.2, 0.25) is 0 Å². The molecule has 0 aliphatic rings. The smallest absolute Gasteiger partial charge is 0.264 e. The van der Waals surface area contributed by atoms with Crippen LogP contribution in [0.3, 0.4) is 0 Å². The van der Waals surface area contributed by atoms with Gasteiger partial charge in [-0.25, -0.2) is 0 Å². The Morgan fingerprint density at radius 1 is 1.41 bits per heavy atom. The molecule has 1 rings (SSSR count). The molecule has 0 spiro atoms. The van der Waals surface area contributed by atoms with Crippen molar-refractivity contribution in [3.05, 3.63) is 21.9 Å². The van der Waals surface area contributed by atoms with Gasteiger partial charge in [-0.15, -0.1) is 11.3 Å². The van der Waals surface area contributed by atoms with Crippen LogP contribution in [0.5, 0.6) is 0 Å². The highest BCUT2D eigenvalue weighted by atomic mass is 32.1. The van der Waals surface area contributed by atoms with Crippen molar-refractivity contribution in [2.75, 3.05) is 41.3 Å². The van der Waals surface area contributed by atoms with E-state index in [-0.39, 0.29) is 5.91 Å². The molecule has 96 valence electrons. The molecule has 0 aliphatic heterocycles. The molecule has 0 aliphatic carbocycles. The Kier molecular flexibility index (Phi) is 5.61. The molecule has 1 N–H and O–H groups in total. The van der Waals surface area contributed by atoms with Crippen molar-refractivity contribution in [1.82, 2.24) is 15.1 Å². The minimum Gasteiger partial charge on any atom is -0.340 e. The third-order valence-electron chi connectivity index (χ3n) is 2.47. The zero-order valence-corrected chi connectivity index (χ0v) is 11.8. The highest BCUT2D eigenvalue weighted by Crippen LogP contribution is 2.19. The molecule has 0 atom stereocenters. The van der Waals surface area contributed by atoms with Gasteiger partial charge in [0, 0.05) is 26.7 Å². The minimum atomic E-state index is 0.118. The quantitative estimate of drug-likeness (QED) is 0.827. The van der Waals surface area contributed by atoms with Gasteiger partial charge in [-0.1, -0.05) is 0 Å². The molecule has 1 amide bonds. The average Bonchev–Trinajstić information content (AvgIpc) is 2.71. The van der Waals surface area contributed by atoms with Crippen molar-refractivity contribution < 1.29 is 4.79 Å². The Balaban J connectivity index is 2.71. The first-order valence-corrected chi connectivity index (χ1v) is 6.55. The van der Waals surface area contributed by atoms with E-state index in [2.05, 4.69) is 10.2 Å². The molecule has 1 heterocycles. The maximum atomic E-state index is 12.2. The molecule has 5 heteroatoms. The molecule has 17 heavy (non-hydrogen) atoms. The van der Waals surface area contributed by atoms with Crippen LogP contribution >= 0.6 is 11.3 Å². The van der Waals surface area contributed by atoms with Gasteiger partial charge < -0.3 is 15.1 Å². The summed E-state index contributed by atoms with van der Waals surface area (Å²) in [5, 5.41) is 5.03. The molecule has 0 bridgehead atoms. The van der Waals surface area contributed by atoms with Gasteiger partial charge in [0.1, 0.15) is 0 Å². The summed E-state index contributed by atoms with van der Waals surface area (Å²) in [6.45, 7) is 2.36. The standard InChI is InChI=1S/C12H21N3OS/c1-13-6-7-15(4)12(16)11-10(5-8-17-11)9-14(2)3/h5,8,13H,6-7,9H2,1-4H3. The van der Waals surface area contributed by atoms with E-state index in [9.17, 15) is 4.79 Å². The zero-order chi connectivity index (χ0) is 12.8. The van der Waals surface area contributed by atoms with Gasteiger partial charge >= 0.3 is 0 Å². The van der Waals surface area contributed by atoms with Crippen molar-refractivity contribution in [1.29, 1.82) is 0 Å². The van der Waals surface area contributed by atoms with Gasteiger partial charge in [0.2, 0.25) is 0 Å². The Hall–Kier alpha value is -0.910. The van der Waals surface area contributed by atoms with E-state index in [1.54, 1.807) is 4.90 Å². The number of amides is 1. The van der Waals surface area contributed by atoms with Gasteiger partial charge in [-0.2, -0.15) is 0 Å². The molecule has 0 saturated heterocycles. The van der Waals surface area contributed by atoms with Crippen LogP contribution in [0.25, 0.3) is 0 Å². The highest BCUT2D eigenvalue weighted by molar-refractivity contribution is 7.12. The maximum absolute atomic E-state index is 12.2. The first-order chi connectivity index (χ1) is 8.06. The second kappa shape index (κ2) is 6.74. The van der Waals surface area contributed by atoms with Crippen molar-refractivity contribution in [3.63, 3.8) is 0 Å². The van der Waals surface area contributed by atoms with E-state index in [4.69, 9.17) is 0 Å². The summed E-state index contributed by atoms with van der Waals surface area (Å²) < 4.78 is 0. The highest BCUT2D eigenvalue weighted by Gasteiger charge is 2.17. The number of likely N-dealkylation sites (N-methyl/N-ethyl adjacent to an activating group) is 2. The number of rotatable bonds is 6. The Morgan fingerprint density at radius 2 is 2.12 bits per heavy atom. The third kappa shape index (κ3) is 4.11. The Labute approximate surface area is 107 Å². The van der Waals surface area contributed by atoms with Crippen molar-refractivity contribution in [3.8, 4) is 0 Å². The normalized spacial score (nSPS) is 10.9. The average molecular weight is 255 g/mol. The second-order valence-electron chi connectivity index (χ2n) is 4.34. The first kappa shape index (κ1) is 14.2. The number of nitrogens with zero attached hydrogens (tertiary/aromatic N) is 2. The lowest BCUT2D eigenvalue weighted by Crippen LogP contribution is -2.33. The fourth-order valence-corrected chi connectivity index (χ4v) is 2.45. The molecule has 1 aromatic rings. The number of nitrogens with one attached hydrogen (secondary N) is 1. The Bertz CT molecular complexity index is 362. The number of thiophene rings is 1. The van der Waals surface area contributed by atoms with Crippen LogP contribution in [0.1, 0.15) is 15.2 Å². The zero-order valence-electron chi connectivity index (χ0n) is 11.0. The van der Waals surface area contributed by atoms with Crippen LogP contribution < -0.4 is 5.32 Å². The molecule has 0 unspecified atom stereocenters. The topological polar surface area (TPSA) is 35.6 Å². The summed E-state index contributed by atoms with van der Waals surface area (Å²) in [7, 11) is 7.76. The van der Waals surface area contributed by atoms with Crippen LogP contribution in [0.15, 0.2) is 11.4 Å². The molecule has 4 nitrogen and oxygen atoms in total. The maximum Gasteiger partial charge on any atom is 0.264 e. The Morgan fingerprint density at radius 3 is 2.71 bits per heavy atom. The lowest BCUT2D eigenvalue weighted by molar-refractivity contribution is 0.0800. The van der Waals surface area contributed by atoms with Gasteiger partial charge in [0.15, 0.2) is 0 Å². The number of carbonyl (C=O) groups excluding carboxylic acids is 1. The molecular formula is C12H21N3OS. The van der Waals surface area contributed by atoms with Gasteiger partial charge in [-0.05, 0) is 38.2 Å². The number of hydrogen-bond acceptors (Lipinski definition) is 4. The predicted octanol–water partition coefficient (Wildman–Crippen LogP) is 1.10. The van der Waals surface area contributed by atoms with E-state index in [0.717, 1.165) is 30.1 Å². The number of carbonyl (C=O) groups is 1. The molecular weight excluding hydrogens is 234 g/mol. The lowest BCUT2D eigenvalue weighted by Gasteiger charge is -2.17. The summed E-state index contributed by atoms with van der Waals surface area (Å²) in [6, 6.07) is 2.03. The summed E-state index contributed by atoms with van der Waals surface area (Å²) in [5.74, 6) is 0.118. The predicted molar refractivity (Wildman–Crippen MR) is 72.6 cm³/mol. The molecule has 1 aromatic heterocycles. The third-order valence-corrected chi connectivity index (χ3v) is 3.42. The molecule has 0 saturated carbocycles. The van der Waals surface area contributed by atoms with Crippen LogP contribution in [-0.4, -0.2) is 57.0 Å². The fourth-order valence-electron chi connectivity index (χ4n) is 1.54. The van der Waals surface area contributed by atoms with Crippen LogP contribution in [0.4, 0.5) is 0 Å². The fraction of sp³-hybridized carbons (Fsp3) is 0.583. The van der Waals surface area contributed by atoms with Crippen molar-refractivity contribution >= 4 is 17.2 Å². The monoisotopic (exact) mass is 255 g/mol. The van der Waals surface area contributed by atoms with Crippen molar-refractivity contribution in [2.24, 2.45) is 0 Å². The minimum absolute atomic E-state index is 0.118. The summed E-state index contributed by atoms with van der Waals surface area (Å²) >= 11 is 1.52. The van der Waals surface area contributed by atoms with E-state index in [1.165, 1.54) is 11.3 Å². The summed E-state index contributed by atoms with van der Waals surface area (Å²) in [4.78, 5) is 16.9. The largest absolute Gasteiger partial charge is 0.340 e. The van der Waals surface area contributed by atoms with Crippen LogP contribution in [-0.2, 0) is 6.54 Å². The van der Waals surface area contributed by atoms with E-state index in [1.807, 2.05) is 39.6 Å². The van der Waals surface area contributed by atoms with Gasteiger partial charge in [0.05, 0.1) is 4.88 Å². The van der Waals surface area contributed by atoms with E-state index >= 15 is 0 Å². The lowest BCUT2D eigenvalue weighted by atomic mass is 10.2. The van der Waals surface area contributed by atoms with Gasteiger partial charge in [0.25, 0.3) is 5.91 Å².